The minimum Gasteiger partial charge on any atom is -0.483 e. The molecule has 2 aromatic rings. The number of carbonyl (C=O) groups is 1. The van der Waals surface area contributed by atoms with Crippen molar-refractivity contribution in [3.63, 3.8) is 0 Å². The summed E-state index contributed by atoms with van der Waals surface area (Å²) in [4.78, 5) is 12.5. The van der Waals surface area contributed by atoms with E-state index in [1.54, 1.807) is 19.9 Å². The number of hydrogen-bond donors (Lipinski definition) is 3. The summed E-state index contributed by atoms with van der Waals surface area (Å²) in [5, 5.41) is 2.63. The molecule has 0 aliphatic carbocycles. The van der Waals surface area contributed by atoms with Crippen LogP contribution in [0.3, 0.4) is 0 Å². The normalized spacial score (nSPS) is 11.9. The Bertz CT molecular complexity index is 1160. The van der Waals surface area contributed by atoms with Crippen molar-refractivity contribution < 1.29 is 26.4 Å². The van der Waals surface area contributed by atoms with Crippen molar-refractivity contribution in [3.05, 3.63) is 47.5 Å². The number of hydrogen-bond acceptors (Lipinski definition) is 6. The second kappa shape index (κ2) is 10.2. The second-order valence-electron chi connectivity index (χ2n) is 6.85. The molecular weight excluding hydrogens is 442 g/mol. The van der Waals surface area contributed by atoms with Crippen LogP contribution in [0.1, 0.15) is 24.5 Å². The highest BCUT2D eigenvalue weighted by molar-refractivity contribution is 7.89. The highest BCUT2D eigenvalue weighted by Gasteiger charge is 2.16. The zero-order valence-corrected chi connectivity index (χ0v) is 19.5. The number of carbonyl (C=O) groups excluding carboxylic acids is 1. The van der Waals surface area contributed by atoms with Gasteiger partial charge in [-0.15, -0.1) is 0 Å². The molecule has 11 heteroatoms. The van der Waals surface area contributed by atoms with Crippen LogP contribution in [0.4, 0.5) is 5.69 Å². The Balaban J connectivity index is 2.08. The van der Waals surface area contributed by atoms with E-state index in [1.165, 1.54) is 37.4 Å². The maximum atomic E-state index is 12.3. The number of rotatable bonds is 10. The molecule has 0 bridgehead atoms. The van der Waals surface area contributed by atoms with E-state index < -0.39 is 26.0 Å². The molecule has 0 aliphatic rings. The molecule has 0 radical (unpaired) electrons. The zero-order chi connectivity index (χ0) is 23.2. The average molecular weight is 470 g/mol. The number of benzene rings is 2. The van der Waals surface area contributed by atoms with Gasteiger partial charge < -0.3 is 10.1 Å². The van der Waals surface area contributed by atoms with Crippen LogP contribution in [0.15, 0.2) is 46.2 Å². The molecule has 0 fully saturated rings. The summed E-state index contributed by atoms with van der Waals surface area (Å²) >= 11 is 0. The smallest absolute Gasteiger partial charge is 0.262 e. The third-order valence-electron chi connectivity index (χ3n) is 4.42. The summed E-state index contributed by atoms with van der Waals surface area (Å²) in [5.74, 6) is -0.115. The lowest BCUT2D eigenvalue weighted by Crippen LogP contribution is -2.24. The first-order chi connectivity index (χ1) is 14.5. The Morgan fingerprint density at radius 3 is 2.19 bits per heavy atom. The third kappa shape index (κ3) is 6.50. The molecule has 1 amide bonds. The number of amides is 1. The maximum Gasteiger partial charge on any atom is 0.262 e. The van der Waals surface area contributed by atoms with Crippen molar-refractivity contribution in [1.82, 2.24) is 9.44 Å². The monoisotopic (exact) mass is 469 g/mol. The Morgan fingerprint density at radius 2 is 1.58 bits per heavy atom. The van der Waals surface area contributed by atoms with Crippen molar-refractivity contribution >= 4 is 31.6 Å². The lowest BCUT2D eigenvalue weighted by Gasteiger charge is -2.13. The van der Waals surface area contributed by atoms with E-state index in [2.05, 4.69) is 14.8 Å². The van der Waals surface area contributed by atoms with E-state index in [9.17, 15) is 21.6 Å². The van der Waals surface area contributed by atoms with Gasteiger partial charge in [0, 0.05) is 12.2 Å². The summed E-state index contributed by atoms with van der Waals surface area (Å²) in [7, 11) is -5.93. The van der Waals surface area contributed by atoms with E-state index in [4.69, 9.17) is 4.74 Å². The third-order valence-corrected chi connectivity index (χ3v) is 7.29. The van der Waals surface area contributed by atoms with Gasteiger partial charge >= 0.3 is 0 Å². The first-order valence-corrected chi connectivity index (χ1v) is 12.5. The molecule has 31 heavy (non-hydrogen) atoms. The zero-order valence-electron chi connectivity index (χ0n) is 17.9. The summed E-state index contributed by atoms with van der Waals surface area (Å²) in [5.41, 5.74) is 1.60. The molecule has 0 saturated carbocycles. The molecule has 0 heterocycles. The van der Waals surface area contributed by atoms with E-state index >= 15 is 0 Å². The van der Waals surface area contributed by atoms with Gasteiger partial charge in [-0.25, -0.2) is 26.3 Å². The van der Waals surface area contributed by atoms with Crippen LogP contribution in [-0.4, -0.2) is 42.9 Å². The minimum absolute atomic E-state index is 0.0288. The lowest BCUT2D eigenvalue weighted by molar-refractivity contribution is -0.118. The Morgan fingerprint density at radius 1 is 0.935 bits per heavy atom. The molecule has 170 valence electrons. The quantitative estimate of drug-likeness (QED) is 0.487. The standard InChI is InChI=1S/C20H27N3O6S2/c1-5-10-22-31(27,28)16-8-9-19(15(3)11-16)29-13-20(24)23-18-12-17(7-6-14(18)2)30(25,26)21-4/h6-9,11-12,21-22H,5,10,13H2,1-4H3,(H,23,24). The van der Waals surface area contributed by atoms with Crippen LogP contribution >= 0.6 is 0 Å². The van der Waals surface area contributed by atoms with Gasteiger partial charge in [-0.05, 0) is 68.8 Å². The van der Waals surface area contributed by atoms with E-state index in [1.807, 2.05) is 6.92 Å². The topological polar surface area (TPSA) is 131 Å². The van der Waals surface area contributed by atoms with E-state index in [0.717, 1.165) is 0 Å². The molecule has 9 nitrogen and oxygen atoms in total. The molecule has 0 unspecified atom stereocenters. The number of aryl methyl sites for hydroxylation is 2. The first-order valence-electron chi connectivity index (χ1n) is 9.57. The van der Waals surface area contributed by atoms with Crippen molar-refractivity contribution in [2.24, 2.45) is 0 Å². The summed E-state index contributed by atoms with van der Waals surface area (Å²) < 4.78 is 58.6. The Labute approximate surface area is 183 Å². The fourth-order valence-corrected chi connectivity index (χ4v) is 4.60. The van der Waals surface area contributed by atoms with Crippen LogP contribution < -0.4 is 19.5 Å². The SMILES string of the molecule is CCCNS(=O)(=O)c1ccc(OCC(=O)Nc2cc(S(=O)(=O)NC)ccc2C)c(C)c1. The molecule has 0 atom stereocenters. The van der Waals surface area contributed by atoms with Gasteiger partial charge in [0.15, 0.2) is 6.61 Å². The highest BCUT2D eigenvalue weighted by atomic mass is 32.2. The fraction of sp³-hybridized carbons (Fsp3) is 0.350. The van der Waals surface area contributed by atoms with Gasteiger partial charge in [-0.1, -0.05) is 13.0 Å². The Kier molecular flexibility index (Phi) is 8.18. The molecular formula is C20H27N3O6S2. The van der Waals surface area contributed by atoms with Crippen LogP contribution in [-0.2, 0) is 24.8 Å². The predicted octanol–water partition coefficient (Wildman–Crippen LogP) is 1.92. The second-order valence-corrected chi connectivity index (χ2v) is 10.5. The van der Waals surface area contributed by atoms with Gasteiger partial charge in [-0.3, -0.25) is 4.79 Å². The van der Waals surface area contributed by atoms with Crippen LogP contribution in [0.25, 0.3) is 0 Å². The van der Waals surface area contributed by atoms with Crippen molar-refractivity contribution in [2.45, 2.75) is 37.0 Å². The largest absolute Gasteiger partial charge is 0.483 e. The summed E-state index contributed by atoms with van der Waals surface area (Å²) in [6, 6.07) is 8.79. The van der Waals surface area contributed by atoms with Gasteiger partial charge in [0.05, 0.1) is 9.79 Å². The summed E-state index contributed by atoms with van der Waals surface area (Å²) in [6.07, 6.45) is 0.678. The van der Waals surface area contributed by atoms with Gasteiger partial charge in [-0.2, -0.15) is 0 Å². The van der Waals surface area contributed by atoms with Gasteiger partial charge in [0.2, 0.25) is 20.0 Å². The fourth-order valence-electron chi connectivity index (χ4n) is 2.62. The van der Waals surface area contributed by atoms with Crippen LogP contribution in [0, 0.1) is 13.8 Å². The van der Waals surface area contributed by atoms with Crippen LogP contribution in [0.2, 0.25) is 0 Å². The predicted molar refractivity (Wildman–Crippen MR) is 118 cm³/mol. The Hall–Kier alpha value is -2.47. The molecule has 0 aliphatic heterocycles. The molecule has 3 N–H and O–H groups in total. The number of anilines is 1. The van der Waals surface area contributed by atoms with Gasteiger partial charge in [0.1, 0.15) is 5.75 Å². The summed E-state index contributed by atoms with van der Waals surface area (Å²) in [6.45, 7) is 5.30. The van der Waals surface area contributed by atoms with Crippen molar-refractivity contribution in [1.29, 1.82) is 0 Å². The minimum atomic E-state index is -3.64. The van der Waals surface area contributed by atoms with E-state index in [0.29, 0.717) is 35.5 Å². The van der Waals surface area contributed by atoms with Crippen molar-refractivity contribution in [2.75, 3.05) is 25.5 Å². The molecule has 0 aromatic heterocycles. The molecule has 2 aromatic carbocycles. The number of nitrogens with one attached hydrogen (secondary N) is 3. The molecule has 0 spiro atoms. The maximum absolute atomic E-state index is 12.3. The van der Waals surface area contributed by atoms with Crippen molar-refractivity contribution in [3.8, 4) is 5.75 Å². The lowest BCUT2D eigenvalue weighted by atomic mass is 10.2. The van der Waals surface area contributed by atoms with E-state index in [-0.39, 0.29) is 16.4 Å². The highest BCUT2D eigenvalue weighted by Crippen LogP contribution is 2.23. The van der Waals surface area contributed by atoms with Gasteiger partial charge in [0.25, 0.3) is 5.91 Å². The molecule has 0 saturated heterocycles. The molecule has 2 rings (SSSR count). The first kappa shape index (κ1) is 24.8. The van der Waals surface area contributed by atoms with Crippen LogP contribution in [0.5, 0.6) is 5.75 Å². The number of sulfonamides is 2. The number of ether oxygens (including phenoxy) is 1. The average Bonchev–Trinajstić information content (AvgIpc) is 2.72.